The minimum Gasteiger partial charge on any atom is -0.489 e. The lowest BCUT2D eigenvalue weighted by Gasteiger charge is -2.15. The van der Waals surface area contributed by atoms with Gasteiger partial charge in [0, 0.05) is 11.3 Å². The standard InChI is InChI=1S/C28H25FN2O4S/c1-17-12-18(2)26(19(3)13-17)30-25(32)15-31-27(33)24(36-28(31)34)14-20-8-10-22(11-9-20)35-16-21-6-4-5-7-23(21)29/h4-14H,15-16H2,1-3H3,(H,30,32)/b24-14+. The highest BCUT2D eigenvalue weighted by molar-refractivity contribution is 8.18. The maximum absolute atomic E-state index is 13.7. The zero-order valence-electron chi connectivity index (χ0n) is 20.1. The van der Waals surface area contributed by atoms with Crippen molar-refractivity contribution in [3.63, 3.8) is 0 Å². The molecule has 1 N–H and O–H groups in total. The van der Waals surface area contributed by atoms with E-state index in [-0.39, 0.29) is 23.9 Å². The van der Waals surface area contributed by atoms with Crippen molar-refractivity contribution in [3.05, 3.63) is 99.2 Å². The van der Waals surface area contributed by atoms with E-state index in [0.29, 0.717) is 22.6 Å². The summed E-state index contributed by atoms with van der Waals surface area (Å²) in [4.78, 5) is 39.1. The minimum atomic E-state index is -0.516. The van der Waals surface area contributed by atoms with E-state index in [1.165, 1.54) is 6.07 Å². The summed E-state index contributed by atoms with van der Waals surface area (Å²) in [5.41, 5.74) is 4.74. The lowest BCUT2D eigenvalue weighted by molar-refractivity contribution is -0.127. The first-order valence-electron chi connectivity index (χ1n) is 11.3. The second-order valence-electron chi connectivity index (χ2n) is 8.54. The third-order valence-electron chi connectivity index (χ3n) is 5.65. The molecule has 0 saturated carbocycles. The van der Waals surface area contributed by atoms with Gasteiger partial charge in [-0.3, -0.25) is 19.3 Å². The van der Waals surface area contributed by atoms with Gasteiger partial charge in [0.1, 0.15) is 24.7 Å². The maximum Gasteiger partial charge on any atom is 0.294 e. The van der Waals surface area contributed by atoms with Crippen LogP contribution in [0.4, 0.5) is 14.9 Å². The Hall–Kier alpha value is -3.91. The number of amides is 3. The predicted octanol–water partition coefficient (Wildman–Crippen LogP) is 6.00. The number of hydrogen-bond donors (Lipinski definition) is 1. The fraction of sp³-hybridized carbons (Fsp3) is 0.179. The maximum atomic E-state index is 13.7. The lowest BCUT2D eigenvalue weighted by atomic mass is 10.1. The molecule has 3 aromatic rings. The van der Waals surface area contributed by atoms with E-state index in [1.54, 1.807) is 48.5 Å². The Kier molecular flexibility index (Phi) is 7.55. The van der Waals surface area contributed by atoms with Crippen LogP contribution in [0.3, 0.4) is 0 Å². The van der Waals surface area contributed by atoms with Crippen LogP contribution >= 0.6 is 11.8 Å². The first-order chi connectivity index (χ1) is 17.2. The molecule has 6 nitrogen and oxygen atoms in total. The second kappa shape index (κ2) is 10.8. The van der Waals surface area contributed by atoms with Gasteiger partial charge >= 0.3 is 0 Å². The molecule has 3 aromatic carbocycles. The monoisotopic (exact) mass is 504 g/mol. The van der Waals surface area contributed by atoms with Gasteiger partial charge in [-0.15, -0.1) is 0 Å². The van der Waals surface area contributed by atoms with Crippen molar-refractivity contribution < 1.29 is 23.5 Å². The van der Waals surface area contributed by atoms with Gasteiger partial charge in [-0.25, -0.2) is 4.39 Å². The predicted molar refractivity (Wildman–Crippen MR) is 139 cm³/mol. The molecule has 4 rings (SSSR count). The van der Waals surface area contributed by atoms with Crippen LogP contribution in [0, 0.1) is 26.6 Å². The molecule has 3 amide bonds. The molecule has 0 aromatic heterocycles. The van der Waals surface area contributed by atoms with Gasteiger partial charge in [-0.05, 0) is 73.5 Å². The van der Waals surface area contributed by atoms with Crippen molar-refractivity contribution in [2.75, 3.05) is 11.9 Å². The Morgan fingerprint density at radius 3 is 2.36 bits per heavy atom. The van der Waals surface area contributed by atoms with Crippen LogP contribution in [-0.2, 0) is 16.2 Å². The quantitative estimate of drug-likeness (QED) is 0.399. The topological polar surface area (TPSA) is 75.7 Å². The number of benzene rings is 3. The molecular weight excluding hydrogens is 479 g/mol. The first-order valence-corrected chi connectivity index (χ1v) is 12.1. The SMILES string of the molecule is Cc1cc(C)c(NC(=O)CN2C(=O)S/C(=C/c3ccc(OCc4ccccc4F)cc3)C2=O)c(C)c1. The Morgan fingerprint density at radius 1 is 1.03 bits per heavy atom. The van der Waals surface area contributed by atoms with E-state index in [0.717, 1.165) is 33.4 Å². The van der Waals surface area contributed by atoms with E-state index in [2.05, 4.69) is 5.32 Å². The number of ether oxygens (including phenoxy) is 1. The summed E-state index contributed by atoms with van der Waals surface area (Å²) in [7, 11) is 0. The summed E-state index contributed by atoms with van der Waals surface area (Å²) >= 11 is 0.792. The zero-order valence-corrected chi connectivity index (χ0v) is 20.9. The van der Waals surface area contributed by atoms with Crippen molar-refractivity contribution in [2.24, 2.45) is 0 Å². The summed E-state index contributed by atoms with van der Waals surface area (Å²) in [6, 6.07) is 17.2. The van der Waals surface area contributed by atoms with Crippen molar-refractivity contribution in [2.45, 2.75) is 27.4 Å². The fourth-order valence-electron chi connectivity index (χ4n) is 3.92. The number of aryl methyl sites for hydroxylation is 3. The molecule has 1 saturated heterocycles. The van der Waals surface area contributed by atoms with E-state index >= 15 is 0 Å². The van der Waals surface area contributed by atoms with E-state index in [4.69, 9.17) is 4.74 Å². The number of thioether (sulfide) groups is 1. The third kappa shape index (κ3) is 5.83. The van der Waals surface area contributed by atoms with Crippen molar-refractivity contribution in [3.8, 4) is 5.75 Å². The van der Waals surface area contributed by atoms with E-state index < -0.39 is 17.1 Å². The molecular formula is C28H25FN2O4S. The molecule has 0 unspecified atom stereocenters. The number of halogens is 1. The average Bonchev–Trinajstić information content (AvgIpc) is 3.09. The molecule has 1 fully saturated rings. The molecule has 8 heteroatoms. The van der Waals surface area contributed by atoms with Crippen molar-refractivity contribution in [1.29, 1.82) is 0 Å². The molecule has 1 aliphatic heterocycles. The Labute approximate surface area is 213 Å². The van der Waals surface area contributed by atoms with E-state index in [9.17, 15) is 18.8 Å². The molecule has 0 atom stereocenters. The number of imide groups is 1. The minimum absolute atomic E-state index is 0.0919. The summed E-state index contributed by atoms with van der Waals surface area (Å²) in [5, 5.41) is 2.32. The molecule has 0 aliphatic carbocycles. The van der Waals surface area contributed by atoms with Crippen molar-refractivity contribution >= 4 is 40.6 Å². The van der Waals surface area contributed by atoms with Gasteiger partial charge in [0.25, 0.3) is 11.1 Å². The molecule has 36 heavy (non-hydrogen) atoms. The summed E-state index contributed by atoms with van der Waals surface area (Å²) < 4.78 is 19.4. The highest BCUT2D eigenvalue weighted by Crippen LogP contribution is 2.32. The van der Waals surface area contributed by atoms with Crippen LogP contribution in [0.15, 0.2) is 65.6 Å². The molecule has 0 spiro atoms. The Balaban J connectivity index is 1.38. The lowest BCUT2D eigenvalue weighted by Crippen LogP contribution is -2.36. The zero-order chi connectivity index (χ0) is 25.8. The van der Waals surface area contributed by atoms with Gasteiger partial charge < -0.3 is 10.1 Å². The number of nitrogens with zero attached hydrogens (tertiary/aromatic N) is 1. The number of rotatable bonds is 7. The third-order valence-corrected chi connectivity index (χ3v) is 6.55. The van der Waals surface area contributed by atoms with Gasteiger partial charge in [-0.2, -0.15) is 0 Å². The largest absolute Gasteiger partial charge is 0.489 e. The van der Waals surface area contributed by atoms with Crippen LogP contribution in [-0.4, -0.2) is 28.5 Å². The Bertz CT molecular complexity index is 1350. The highest BCUT2D eigenvalue weighted by atomic mass is 32.2. The summed E-state index contributed by atoms with van der Waals surface area (Å²) in [6.45, 7) is 5.50. The van der Waals surface area contributed by atoms with Crippen LogP contribution in [0.5, 0.6) is 5.75 Å². The van der Waals surface area contributed by atoms with Crippen LogP contribution in [0.25, 0.3) is 6.08 Å². The van der Waals surface area contributed by atoms with Crippen LogP contribution in [0.1, 0.15) is 27.8 Å². The number of nitrogens with one attached hydrogen (secondary N) is 1. The van der Waals surface area contributed by atoms with Crippen molar-refractivity contribution in [1.82, 2.24) is 4.90 Å². The van der Waals surface area contributed by atoms with Gasteiger partial charge in [-0.1, -0.05) is 48.0 Å². The summed E-state index contributed by atoms with van der Waals surface area (Å²) in [6.07, 6.45) is 1.59. The summed E-state index contributed by atoms with van der Waals surface area (Å²) in [5.74, 6) is -0.744. The van der Waals surface area contributed by atoms with Crippen LogP contribution in [0.2, 0.25) is 0 Å². The van der Waals surface area contributed by atoms with Crippen LogP contribution < -0.4 is 10.1 Å². The molecule has 0 radical (unpaired) electrons. The molecule has 184 valence electrons. The second-order valence-corrected chi connectivity index (χ2v) is 9.53. The normalized spacial score (nSPS) is 14.4. The van der Waals surface area contributed by atoms with Gasteiger partial charge in [0.15, 0.2) is 0 Å². The van der Waals surface area contributed by atoms with Gasteiger partial charge in [0.2, 0.25) is 5.91 Å². The van der Waals surface area contributed by atoms with E-state index in [1.807, 2.05) is 32.9 Å². The molecule has 1 heterocycles. The molecule has 0 bridgehead atoms. The average molecular weight is 505 g/mol. The number of anilines is 1. The number of carbonyl (C=O) groups excluding carboxylic acids is 3. The first kappa shape index (κ1) is 25.2. The fourth-order valence-corrected chi connectivity index (χ4v) is 4.76. The smallest absolute Gasteiger partial charge is 0.294 e. The number of carbonyl (C=O) groups is 3. The van der Waals surface area contributed by atoms with Gasteiger partial charge in [0.05, 0.1) is 4.91 Å². The highest BCUT2D eigenvalue weighted by Gasteiger charge is 2.36. The Morgan fingerprint density at radius 2 is 1.69 bits per heavy atom. The number of hydrogen-bond acceptors (Lipinski definition) is 5. The molecule has 1 aliphatic rings.